The van der Waals surface area contributed by atoms with Crippen LogP contribution in [-0.2, 0) is 0 Å². The molecule has 2 aromatic rings. The average Bonchev–Trinajstić information content (AvgIpc) is 2.40. The molecule has 0 saturated heterocycles. The number of carbonyl (C=O) groups is 1. The molecule has 0 atom stereocenters. The fourth-order valence-electron chi connectivity index (χ4n) is 1.72. The van der Waals surface area contributed by atoms with Gasteiger partial charge in [-0.05, 0) is 18.2 Å². The zero-order chi connectivity index (χ0) is 15.6. The third-order valence-electron chi connectivity index (χ3n) is 2.67. The number of nitro groups is 1. The second-order valence-corrected chi connectivity index (χ2v) is 4.02. The van der Waals surface area contributed by atoms with Gasteiger partial charge in [0.1, 0.15) is 22.9 Å². The van der Waals surface area contributed by atoms with Crippen LogP contribution in [0.1, 0.15) is 10.4 Å². The van der Waals surface area contributed by atoms with E-state index in [1.165, 1.54) is 12.1 Å². The maximum Gasteiger partial charge on any atom is 0.296 e. The van der Waals surface area contributed by atoms with Gasteiger partial charge in [-0.1, -0.05) is 12.1 Å². The SMILES string of the molecule is O=C(Nc1c(O)cccc1[N+](=O)[O-])c1c(O)cccc1F. The van der Waals surface area contributed by atoms with E-state index >= 15 is 0 Å². The van der Waals surface area contributed by atoms with E-state index < -0.39 is 45.1 Å². The van der Waals surface area contributed by atoms with Gasteiger partial charge in [-0.15, -0.1) is 0 Å². The van der Waals surface area contributed by atoms with Crippen molar-refractivity contribution in [2.24, 2.45) is 0 Å². The highest BCUT2D eigenvalue weighted by Gasteiger charge is 2.23. The number of halogens is 1. The Labute approximate surface area is 117 Å². The van der Waals surface area contributed by atoms with Crippen molar-refractivity contribution in [3.8, 4) is 11.5 Å². The number of nitrogens with zero attached hydrogens (tertiary/aromatic N) is 1. The Hall–Kier alpha value is -3.16. The lowest BCUT2D eigenvalue weighted by Gasteiger charge is -2.09. The molecule has 0 radical (unpaired) electrons. The summed E-state index contributed by atoms with van der Waals surface area (Å²) in [5.41, 5.74) is -1.70. The summed E-state index contributed by atoms with van der Waals surface area (Å²) in [5.74, 6) is -3.28. The molecule has 0 aromatic heterocycles. The van der Waals surface area contributed by atoms with E-state index in [1.54, 1.807) is 0 Å². The molecular weight excluding hydrogens is 283 g/mol. The first-order valence-electron chi connectivity index (χ1n) is 5.67. The highest BCUT2D eigenvalue weighted by Crippen LogP contribution is 2.34. The number of rotatable bonds is 3. The molecule has 0 unspecified atom stereocenters. The number of nitro benzene ring substituents is 1. The lowest BCUT2D eigenvalue weighted by atomic mass is 10.1. The molecule has 2 aromatic carbocycles. The summed E-state index contributed by atoms with van der Waals surface area (Å²) < 4.78 is 13.5. The average molecular weight is 292 g/mol. The van der Waals surface area contributed by atoms with Crippen LogP contribution in [0, 0.1) is 15.9 Å². The lowest BCUT2D eigenvalue weighted by molar-refractivity contribution is -0.384. The Morgan fingerprint density at radius 3 is 2.38 bits per heavy atom. The zero-order valence-corrected chi connectivity index (χ0v) is 10.4. The van der Waals surface area contributed by atoms with Crippen molar-refractivity contribution in [1.29, 1.82) is 0 Å². The molecule has 0 saturated carbocycles. The molecule has 0 aliphatic carbocycles. The lowest BCUT2D eigenvalue weighted by Crippen LogP contribution is -2.15. The summed E-state index contributed by atoms with van der Waals surface area (Å²) in [7, 11) is 0. The number of amides is 1. The van der Waals surface area contributed by atoms with Gasteiger partial charge in [-0.3, -0.25) is 14.9 Å². The number of benzene rings is 2. The molecule has 0 spiro atoms. The normalized spacial score (nSPS) is 10.1. The monoisotopic (exact) mass is 292 g/mol. The minimum absolute atomic E-state index is 0.477. The summed E-state index contributed by atoms with van der Waals surface area (Å²) in [6, 6.07) is 6.67. The van der Waals surface area contributed by atoms with Crippen LogP contribution < -0.4 is 5.32 Å². The fraction of sp³-hybridized carbons (Fsp3) is 0. The molecule has 3 N–H and O–H groups in total. The van der Waals surface area contributed by atoms with Gasteiger partial charge in [0.05, 0.1) is 4.92 Å². The molecule has 0 aliphatic rings. The van der Waals surface area contributed by atoms with Crippen LogP contribution in [-0.4, -0.2) is 21.0 Å². The predicted molar refractivity (Wildman–Crippen MR) is 70.8 cm³/mol. The fourth-order valence-corrected chi connectivity index (χ4v) is 1.72. The van der Waals surface area contributed by atoms with E-state index in [0.29, 0.717) is 0 Å². The van der Waals surface area contributed by atoms with Gasteiger partial charge in [0.15, 0.2) is 5.69 Å². The summed E-state index contributed by atoms with van der Waals surface area (Å²) in [6.07, 6.45) is 0. The van der Waals surface area contributed by atoms with Crippen molar-refractivity contribution in [3.63, 3.8) is 0 Å². The number of carbonyl (C=O) groups excluding carboxylic acids is 1. The largest absolute Gasteiger partial charge is 0.507 e. The van der Waals surface area contributed by atoms with E-state index in [9.17, 15) is 29.5 Å². The molecule has 8 heteroatoms. The number of nitrogens with one attached hydrogen (secondary N) is 1. The minimum atomic E-state index is -1.12. The number of hydrogen-bond donors (Lipinski definition) is 3. The van der Waals surface area contributed by atoms with E-state index in [0.717, 1.165) is 24.3 Å². The number of anilines is 1. The van der Waals surface area contributed by atoms with Crippen LogP contribution in [0.15, 0.2) is 36.4 Å². The van der Waals surface area contributed by atoms with Crippen LogP contribution in [0.5, 0.6) is 11.5 Å². The van der Waals surface area contributed by atoms with Crippen molar-refractivity contribution in [1.82, 2.24) is 0 Å². The molecule has 0 heterocycles. The van der Waals surface area contributed by atoms with E-state index in [4.69, 9.17) is 0 Å². The summed E-state index contributed by atoms with van der Waals surface area (Å²) in [6.45, 7) is 0. The van der Waals surface area contributed by atoms with Crippen LogP contribution in [0.3, 0.4) is 0 Å². The Bertz CT molecular complexity index is 712. The molecule has 0 fully saturated rings. The van der Waals surface area contributed by atoms with Crippen molar-refractivity contribution in [2.45, 2.75) is 0 Å². The number of para-hydroxylation sites is 1. The van der Waals surface area contributed by atoms with Gasteiger partial charge in [-0.25, -0.2) is 4.39 Å². The number of hydrogen-bond acceptors (Lipinski definition) is 5. The summed E-state index contributed by atoms with van der Waals surface area (Å²) in [5, 5.41) is 32.0. The van der Waals surface area contributed by atoms with Crippen LogP contribution in [0.2, 0.25) is 0 Å². The molecule has 21 heavy (non-hydrogen) atoms. The maximum atomic E-state index is 13.5. The van der Waals surface area contributed by atoms with Gasteiger partial charge in [0, 0.05) is 6.07 Å². The van der Waals surface area contributed by atoms with Crippen LogP contribution in [0.4, 0.5) is 15.8 Å². The molecule has 7 nitrogen and oxygen atoms in total. The molecule has 2 rings (SSSR count). The van der Waals surface area contributed by atoms with E-state index in [2.05, 4.69) is 0 Å². The molecule has 0 aliphatic heterocycles. The highest BCUT2D eigenvalue weighted by atomic mass is 19.1. The topological polar surface area (TPSA) is 113 Å². The predicted octanol–water partition coefficient (Wildman–Crippen LogP) is 2.40. The van der Waals surface area contributed by atoms with Crippen molar-refractivity contribution >= 4 is 17.3 Å². The second kappa shape index (κ2) is 5.45. The standard InChI is InChI=1S/C13H9FN2O5/c14-7-3-1-5-9(17)11(7)13(19)15-12-8(16(20)21)4-2-6-10(12)18/h1-6,17-18H,(H,15,19). The quantitative estimate of drug-likeness (QED) is 0.456. The molecule has 1 amide bonds. The van der Waals surface area contributed by atoms with Crippen molar-refractivity contribution in [3.05, 3.63) is 57.9 Å². The van der Waals surface area contributed by atoms with E-state index in [1.807, 2.05) is 5.32 Å². The smallest absolute Gasteiger partial charge is 0.296 e. The van der Waals surface area contributed by atoms with E-state index in [-0.39, 0.29) is 0 Å². The van der Waals surface area contributed by atoms with Crippen molar-refractivity contribution < 1.29 is 24.3 Å². The minimum Gasteiger partial charge on any atom is -0.507 e. The Kier molecular flexibility index (Phi) is 3.70. The molecule has 108 valence electrons. The Balaban J connectivity index is 2.44. The second-order valence-electron chi connectivity index (χ2n) is 4.02. The first-order valence-corrected chi connectivity index (χ1v) is 5.67. The van der Waals surface area contributed by atoms with Gasteiger partial charge < -0.3 is 15.5 Å². The van der Waals surface area contributed by atoms with Gasteiger partial charge in [-0.2, -0.15) is 0 Å². The maximum absolute atomic E-state index is 13.5. The van der Waals surface area contributed by atoms with Crippen LogP contribution >= 0.6 is 0 Å². The third-order valence-corrected chi connectivity index (χ3v) is 2.67. The summed E-state index contributed by atoms with van der Waals surface area (Å²) >= 11 is 0. The summed E-state index contributed by atoms with van der Waals surface area (Å²) in [4.78, 5) is 22.0. The molecule has 0 bridgehead atoms. The highest BCUT2D eigenvalue weighted by molar-refractivity contribution is 6.08. The first kappa shape index (κ1) is 14.3. The number of aromatic hydroxyl groups is 2. The Morgan fingerprint density at radius 1 is 1.14 bits per heavy atom. The van der Waals surface area contributed by atoms with Gasteiger partial charge >= 0.3 is 0 Å². The van der Waals surface area contributed by atoms with Crippen molar-refractivity contribution in [2.75, 3.05) is 5.32 Å². The Morgan fingerprint density at radius 2 is 1.76 bits per heavy atom. The van der Waals surface area contributed by atoms with Gasteiger partial charge in [0.25, 0.3) is 11.6 Å². The zero-order valence-electron chi connectivity index (χ0n) is 10.4. The van der Waals surface area contributed by atoms with Crippen LogP contribution in [0.25, 0.3) is 0 Å². The number of phenolic OH excluding ortho intramolecular Hbond substituents is 2. The van der Waals surface area contributed by atoms with Gasteiger partial charge in [0.2, 0.25) is 0 Å². The first-order chi connectivity index (χ1) is 9.91. The third kappa shape index (κ3) is 2.73. The number of phenols is 2. The molecular formula is C13H9FN2O5.